The van der Waals surface area contributed by atoms with Crippen LogP contribution in [0.1, 0.15) is 62.4 Å². The number of ether oxygens (including phenoxy) is 2. The van der Waals surface area contributed by atoms with Gasteiger partial charge in [0.2, 0.25) is 15.9 Å². The van der Waals surface area contributed by atoms with Crippen molar-refractivity contribution in [2.24, 2.45) is 5.92 Å². The Morgan fingerprint density at radius 3 is 2.32 bits per heavy atom. The molecule has 3 amide bonds. The summed E-state index contributed by atoms with van der Waals surface area (Å²) in [7, 11) is -3.94. The molecule has 2 heterocycles. The molecule has 312 valence electrons. The molecular formula is C43H51N7O7S2. The van der Waals surface area contributed by atoms with Crippen LogP contribution in [0, 0.1) is 5.92 Å². The number of unbranched alkanes of at least 4 members (excludes halogenated alkanes) is 1. The molecule has 5 rings (SSSR count). The van der Waals surface area contributed by atoms with E-state index in [0.717, 1.165) is 22.5 Å². The normalized spacial score (nSPS) is 12.2. The summed E-state index contributed by atoms with van der Waals surface area (Å²) >= 11 is 1.44. The lowest BCUT2D eigenvalue weighted by Gasteiger charge is -2.25. The number of carbonyl (C=O) groups is 3. The Bertz CT molecular complexity index is 2190. The molecule has 2 atom stereocenters. The summed E-state index contributed by atoms with van der Waals surface area (Å²) in [6.07, 6.45) is 4.44. The van der Waals surface area contributed by atoms with Gasteiger partial charge in [-0.2, -0.15) is 0 Å². The zero-order chi connectivity index (χ0) is 42.0. The average Bonchev–Trinajstić information content (AvgIpc) is 3.69. The molecule has 0 saturated heterocycles. The molecule has 0 radical (unpaired) electrons. The highest BCUT2D eigenvalue weighted by atomic mass is 32.2. The first-order chi connectivity index (χ1) is 28.5. The number of hydrogen-bond acceptors (Lipinski definition) is 11. The second-order valence-electron chi connectivity index (χ2n) is 14.2. The van der Waals surface area contributed by atoms with Gasteiger partial charge >= 0.3 is 6.09 Å². The predicted molar refractivity (Wildman–Crippen MR) is 231 cm³/mol. The SMILES string of the molecule is CCOc1ccc(NS(=O)(=O)C[C@H](CCCCNC(=O)OCc2ccccc2)NC(=O)[C@H](CC(C)C)NC(=O)c2ccc(-c3csc(Nc4cccnc4)n3)cc2)cc1. The number of nitrogens with zero attached hydrogens (tertiary/aromatic N) is 2. The van der Waals surface area contributed by atoms with Gasteiger partial charge in [-0.05, 0) is 92.6 Å². The minimum absolute atomic E-state index is 0.0313. The van der Waals surface area contributed by atoms with Gasteiger partial charge in [0.05, 0.1) is 29.9 Å². The molecule has 0 fully saturated rings. The number of rotatable bonds is 22. The monoisotopic (exact) mass is 841 g/mol. The molecule has 0 aliphatic rings. The number of alkyl carbamates (subject to hydrolysis) is 1. The maximum Gasteiger partial charge on any atom is 0.407 e. The number of hydrogen-bond donors (Lipinski definition) is 5. The predicted octanol–water partition coefficient (Wildman–Crippen LogP) is 7.52. The number of carbonyl (C=O) groups excluding carboxylic acids is 3. The maximum absolute atomic E-state index is 13.9. The van der Waals surface area contributed by atoms with Gasteiger partial charge in [-0.3, -0.25) is 19.3 Å². The summed E-state index contributed by atoms with van der Waals surface area (Å²) in [5, 5.41) is 14.3. The van der Waals surface area contributed by atoms with E-state index < -0.39 is 45.8 Å². The van der Waals surface area contributed by atoms with E-state index in [0.29, 0.717) is 54.5 Å². The summed E-state index contributed by atoms with van der Waals surface area (Å²) in [5.41, 5.74) is 3.94. The first-order valence-electron chi connectivity index (χ1n) is 19.5. The van der Waals surface area contributed by atoms with Crippen molar-refractivity contribution in [2.45, 2.75) is 65.1 Å². The fraction of sp³-hybridized carbons (Fsp3) is 0.326. The highest BCUT2D eigenvalue weighted by Crippen LogP contribution is 2.27. The van der Waals surface area contributed by atoms with Crippen LogP contribution in [0.3, 0.4) is 0 Å². The van der Waals surface area contributed by atoms with Gasteiger partial charge in [-0.25, -0.2) is 18.2 Å². The Morgan fingerprint density at radius 1 is 0.864 bits per heavy atom. The van der Waals surface area contributed by atoms with Gasteiger partial charge < -0.3 is 30.7 Å². The van der Waals surface area contributed by atoms with E-state index in [-0.39, 0.29) is 18.9 Å². The molecule has 0 spiro atoms. The number of pyridine rings is 1. The van der Waals surface area contributed by atoms with Crippen molar-refractivity contribution in [1.82, 2.24) is 25.9 Å². The molecule has 0 aliphatic carbocycles. The van der Waals surface area contributed by atoms with Crippen molar-refractivity contribution in [1.29, 1.82) is 0 Å². The van der Waals surface area contributed by atoms with Crippen LogP contribution in [0.4, 0.5) is 21.3 Å². The molecule has 14 nitrogen and oxygen atoms in total. The van der Waals surface area contributed by atoms with E-state index >= 15 is 0 Å². The van der Waals surface area contributed by atoms with E-state index in [1.165, 1.54) is 11.3 Å². The van der Waals surface area contributed by atoms with Gasteiger partial charge in [0, 0.05) is 41.0 Å². The Hall–Kier alpha value is -6.00. The van der Waals surface area contributed by atoms with Crippen LogP contribution < -0.4 is 30.7 Å². The van der Waals surface area contributed by atoms with E-state index in [1.807, 2.05) is 68.6 Å². The van der Waals surface area contributed by atoms with Crippen LogP contribution >= 0.6 is 11.3 Å². The Balaban J connectivity index is 1.20. The topological polar surface area (TPSA) is 190 Å². The van der Waals surface area contributed by atoms with E-state index in [4.69, 9.17) is 9.47 Å². The molecule has 0 unspecified atom stereocenters. The largest absolute Gasteiger partial charge is 0.494 e. The van der Waals surface area contributed by atoms with Gasteiger partial charge in [0.25, 0.3) is 5.91 Å². The van der Waals surface area contributed by atoms with Crippen molar-refractivity contribution in [3.05, 3.63) is 120 Å². The summed E-state index contributed by atoms with van der Waals surface area (Å²) in [4.78, 5) is 48.4. The smallest absolute Gasteiger partial charge is 0.407 e. The van der Waals surface area contributed by atoms with Crippen LogP contribution in [-0.4, -0.2) is 67.3 Å². The van der Waals surface area contributed by atoms with Crippen molar-refractivity contribution in [3.63, 3.8) is 0 Å². The Labute approximate surface area is 349 Å². The van der Waals surface area contributed by atoms with Gasteiger partial charge in [0.1, 0.15) is 18.4 Å². The highest BCUT2D eigenvalue weighted by molar-refractivity contribution is 7.92. The molecular weight excluding hydrogens is 791 g/mol. The lowest BCUT2D eigenvalue weighted by atomic mass is 10.0. The first-order valence-corrected chi connectivity index (χ1v) is 22.0. The van der Waals surface area contributed by atoms with Gasteiger partial charge in [-0.15, -0.1) is 11.3 Å². The fourth-order valence-electron chi connectivity index (χ4n) is 6.01. The highest BCUT2D eigenvalue weighted by Gasteiger charge is 2.27. The number of aromatic nitrogens is 2. The van der Waals surface area contributed by atoms with Crippen LogP contribution in [0.2, 0.25) is 0 Å². The summed E-state index contributed by atoms with van der Waals surface area (Å²) < 4.78 is 40.2. The van der Waals surface area contributed by atoms with Crippen molar-refractivity contribution < 1.29 is 32.3 Å². The fourth-order valence-corrected chi connectivity index (χ4v) is 8.11. The number of benzene rings is 3. The second-order valence-corrected chi connectivity index (χ2v) is 16.8. The molecule has 2 aromatic heterocycles. The quantitative estimate of drug-likeness (QED) is 0.0436. The Morgan fingerprint density at radius 2 is 1.63 bits per heavy atom. The number of nitrogens with one attached hydrogen (secondary N) is 5. The number of anilines is 3. The molecule has 0 bridgehead atoms. The van der Waals surface area contributed by atoms with Crippen LogP contribution in [-0.2, 0) is 26.2 Å². The third-order valence-electron chi connectivity index (χ3n) is 8.86. The number of amides is 3. The van der Waals surface area contributed by atoms with E-state index in [2.05, 4.69) is 36.0 Å². The second kappa shape index (κ2) is 22.2. The first kappa shape index (κ1) is 44.1. The van der Waals surface area contributed by atoms with Crippen molar-refractivity contribution in [2.75, 3.05) is 28.9 Å². The minimum Gasteiger partial charge on any atom is -0.494 e. The molecule has 0 aliphatic heterocycles. The van der Waals surface area contributed by atoms with Crippen LogP contribution in [0.25, 0.3) is 11.3 Å². The van der Waals surface area contributed by atoms with Crippen molar-refractivity contribution >= 4 is 55.8 Å². The van der Waals surface area contributed by atoms with E-state index in [9.17, 15) is 22.8 Å². The molecule has 5 N–H and O–H groups in total. The molecule has 5 aromatic rings. The third-order valence-corrected chi connectivity index (χ3v) is 11.0. The molecule has 0 saturated carbocycles. The Kier molecular flexibility index (Phi) is 16.6. The lowest BCUT2D eigenvalue weighted by molar-refractivity contribution is -0.124. The van der Waals surface area contributed by atoms with Gasteiger partial charge in [-0.1, -0.05) is 56.3 Å². The molecule has 16 heteroatoms. The standard InChI is InChI=1S/C43H51N7O7S2/c1-4-56-37-21-19-34(20-22-37)50-59(54,55)29-36(13-8-9-24-45-43(53)57-27-31-11-6-5-7-12-31)46-41(52)38(25-30(2)3)48-40(51)33-17-15-32(16-18-33)39-28-58-42(49-39)47-35-14-10-23-44-26-35/h5-7,10-12,14-23,26,28,30,36,38,50H,4,8-9,13,24-25,27,29H2,1-3H3,(H,45,53)(H,46,52)(H,47,49)(H,48,51)/t36-,38-/m0/s1. The average molecular weight is 842 g/mol. The summed E-state index contributed by atoms with van der Waals surface area (Å²) in [6.45, 7) is 6.64. The maximum atomic E-state index is 13.9. The van der Waals surface area contributed by atoms with Crippen molar-refractivity contribution in [3.8, 4) is 17.0 Å². The number of thiazole rings is 1. The number of sulfonamides is 1. The lowest BCUT2D eigenvalue weighted by Crippen LogP contribution is -2.51. The molecule has 59 heavy (non-hydrogen) atoms. The third kappa shape index (κ3) is 15.0. The van der Waals surface area contributed by atoms with Crippen LogP contribution in [0.5, 0.6) is 5.75 Å². The van der Waals surface area contributed by atoms with E-state index in [1.54, 1.807) is 60.9 Å². The molecule has 3 aromatic carbocycles. The summed E-state index contributed by atoms with van der Waals surface area (Å²) in [5.74, 6) is -0.720. The van der Waals surface area contributed by atoms with Crippen LogP contribution in [0.15, 0.2) is 109 Å². The zero-order valence-corrected chi connectivity index (χ0v) is 35.0. The zero-order valence-electron chi connectivity index (χ0n) is 33.3. The minimum atomic E-state index is -3.94. The van der Waals surface area contributed by atoms with Gasteiger partial charge in [0.15, 0.2) is 5.13 Å². The summed E-state index contributed by atoms with van der Waals surface area (Å²) in [6, 6.07) is 24.8.